The van der Waals surface area contributed by atoms with E-state index in [1.54, 1.807) is 0 Å². The number of hydrogen-bond donors (Lipinski definition) is 1. The van der Waals surface area contributed by atoms with Crippen LogP contribution in [0.5, 0.6) is 0 Å². The summed E-state index contributed by atoms with van der Waals surface area (Å²) in [6.07, 6.45) is 4.19. The molecule has 102 valence electrons. The zero-order valence-corrected chi connectivity index (χ0v) is 10.9. The maximum Gasteiger partial charge on any atom is 0.0777 e. The highest BCUT2D eigenvalue weighted by atomic mass is 35.7. The van der Waals surface area contributed by atoms with Crippen LogP contribution in [0.2, 0.25) is 0 Å². The Morgan fingerprint density at radius 1 is 1.00 bits per heavy atom. The molecule has 0 bridgehead atoms. The molecule has 1 saturated heterocycles. The van der Waals surface area contributed by atoms with Crippen molar-refractivity contribution in [3.63, 3.8) is 0 Å². The van der Waals surface area contributed by atoms with Gasteiger partial charge in [0.25, 0.3) is 0 Å². The molecule has 1 fully saturated rings. The van der Waals surface area contributed by atoms with Crippen LogP contribution in [0.15, 0.2) is 30.3 Å². The van der Waals surface area contributed by atoms with Crippen molar-refractivity contribution >= 4 is 0 Å². The van der Waals surface area contributed by atoms with Gasteiger partial charge in [0.15, 0.2) is 0 Å². The van der Waals surface area contributed by atoms with Gasteiger partial charge >= 0.3 is 0 Å². The van der Waals surface area contributed by atoms with Crippen LogP contribution in [0.1, 0.15) is 24.8 Å². The molecule has 2 rings (SSSR count). The van der Waals surface area contributed by atoms with Gasteiger partial charge in [-0.3, -0.25) is 4.90 Å². The SMILES string of the molecule is [O-][Cl+3]([O-])([O-])O.c1ccc(CN2CCCCC2)cc1. The molecule has 1 aromatic carbocycles. The Hall–Kier alpha value is -0.690. The first-order valence-electron chi connectivity index (χ1n) is 5.84. The van der Waals surface area contributed by atoms with E-state index in [2.05, 4.69) is 35.2 Å². The monoisotopic (exact) mass is 275 g/mol. The lowest BCUT2D eigenvalue weighted by Gasteiger charge is -2.26. The molecule has 0 aliphatic carbocycles. The van der Waals surface area contributed by atoms with Gasteiger partial charge in [0.2, 0.25) is 0 Å². The van der Waals surface area contributed by atoms with E-state index in [1.165, 1.54) is 37.9 Å². The van der Waals surface area contributed by atoms with Crippen LogP contribution >= 0.6 is 0 Å². The van der Waals surface area contributed by atoms with Gasteiger partial charge in [0, 0.05) is 6.54 Å². The molecule has 0 amide bonds. The first-order chi connectivity index (χ1) is 8.45. The zero-order chi connectivity index (χ0) is 13.4. The lowest BCUT2D eigenvalue weighted by atomic mass is 10.1. The number of rotatable bonds is 2. The molecule has 1 aromatic rings. The average molecular weight is 276 g/mol. The number of hydrogen-bond acceptors (Lipinski definition) is 5. The number of benzene rings is 1. The Morgan fingerprint density at radius 2 is 1.50 bits per heavy atom. The molecular formula is C12H18ClNO4. The van der Waals surface area contributed by atoms with Gasteiger partial charge in [-0.1, -0.05) is 36.8 Å². The van der Waals surface area contributed by atoms with Crippen LogP contribution in [0, 0.1) is 10.2 Å². The summed E-state index contributed by atoms with van der Waals surface area (Å²) < 4.78 is 32.7. The number of nitrogens with zero attached hydrogens (tertiary/aromatic N) is 1. The topological polar surface area (TPSA) is 92.6 Å². The fourth-order valence-electron chi connectivity index (χ4n) is 1.96. The number of piperidine rings is 1. The van der Waals surface area contributed by atoms with Crippen molar-refractivity contribution in [1.29, 1.82) is 0 Å². The minimum absolute atomic E-state index is 1.14. The minimum atomic E-state index is -4.69. The van der Waals surface area contributed by atoms with Crippen molar-refractivity contribution < 1.29 is 28.9 Å². The molecule has 6 heteroatoms. The van der Waals surface area contributed by atoms with Crippen molar-refractivity contribution in [2.75, 3.05) is 13.1 Å². The predicted octanol–water partition coefficient (Wildman–Crippen LogP) is -1.45. The summed E-state index contributed by atoms with van der Waals surface area (Å²) in [6, 6.07) is 10.8. The van der Waals surface area contributed by atoms with E-state index in [1.807, 2.05) is 0 Å². The van der Waals surface area contributed by atoms with Gasteiger partial charge in [0.05, 0.1) is 14.9 Å². The van der Waals surface area contributed by atoms with Gasteiger partial charge in [-0.25, -0.2) is 0 Å². The fraction of sp³-hybridized carbons (Fsp3) is 0.500. The van der Waals surface area contributed by atoms with Crippen molar-refractivity contribution in [1.82, 2.24) is 4.90 Å². The van der Waals surface area contributed by atoms with Crippen molar-refractivity contribution in [3.05, 3.63) is 35.9 Å². The lowest BCUT2D eigenvalue weighted by Crippen LogP contribution is -2.58. The molecule has 1 N–H and O–H groups in total. The number of halogens is 1. The Bertz CT molecular complexity index is 317. The third-order valence-corrected chi connectivity index (χ3v) is 2.70. The first-order valence-corrected chi connectivity index (χ1v) is 7.11. The van der Waals surface area contributed by atoms with Crippen LogP contribution < -0.4 is 14.0 Å². The fourth-order valence-corrected chi connectivity index (χ4v) is 1.96. The van der Waals surface area contributed by atoms with E-state index < -0.39 is 10.2 Å². The standard InChI is InChI=1S/C12H17N.ClHO4/c1-3-7-12(8-4-1)11-13-9-5-2-6-10-13;2-1(3,4)5/h1,3-4,7-8H,2,5-6,9-11H2;(H,2,3,4,5). The van der Waals surface area contributed by atoms with Gasteiger partial charge in [-0.2, -0.15) is 14.0 Å². The molecular weight excluding hydrogens is 258 g/mol. The molecule has 0 saturated carbocycles. The smallest absolute Gasteiger partial charge is 0.0777 e. The molecule has 1 aliphatic rings. The summed E-state index contributed by atoms with van der Waals surface area (Å²) in [5, 5.41) is 0. The third kappa shape index (κ3) is 8.41. The minimum Gasteiger partial charge on any atom is -0.299 e. The quantitative estimate of drug-likeness (QED) is 0.713. The van der Waals surface area contributed by atoms with E-state index in [4.69, 9.17) is 18.6 Å². The van der Waals surface area contributed by atoms with Crippen LogP contribution in [0.4, 0.5) is 0 Å². The van der Waals surface area contributed by atoms with Gasteiger partial charge in [0.1, 0.15) is 0 Å². The second-order valence-electron chi connectivity index (χ2n) is 4.22. The molecule has 0 atom stereocenters. The van der Waals surface area contributed by atoms with Crippen LogP contribution in [0.3, 0.4) is 0 Å². The van der Waals surface area contributed by atoms with E-state index in [9.17, 15) is 0 Å². The van der Waals surface area contributed by atoms with E-state index in [-0.39, 0.29) is 0 Å². The maximum absolute atomic E-state index is 8.60. The summed E-state index contributed by atoms with van der Waals surface area (Å²) >= 11 is 0. The lowest BCUT2D eigenvalue weighted by molar-refractivity contribution is -1.92. The highest BCUT2D eigenvalue weighted by molar-refractivity contribution is 5.14. The summed E-state index contributed by atoms with van der Waals surface area (Å²) in [4.78, 5) is 2.55. The molecule has 0 aromatic heterocycles. The molecule has 18 heavy (non-hydrogen) atoms. The molecule has 0 unspecified atom stereocenters. The summed E-state index contributed by atoms with van der Waals surface area (Å²) in [5.41, 5.74) is 1.45. The first kappa shape index (κ1) is 15.4. The molecule has 1 heterocycles. The average Bonchev–Trinajstić information content (AvgIpc) is 2.29. The molecule has 5 nitrogen and oxygen atoms in total. The molecule has 0 radical (unpaired) electrons. The van der Waals surface area contributed by atoms with Gasteiger partial charge in [-0.05, 0) is 31.5 Å². The van der Waals surface area contributed by atoms with Gasteiger partial charge in [-0.15, -0.1) is 0 Å². The Balaban J connectivity index is 0.000000280. The summed E-state index contributed by atoms with van der Waals surface area (Å²) in [6.45, 7) is 3.71. The van der Waals surface area contributed by atoms with E-state index in [0.29, 0.717) is 0 Å². The molecule has 0 spiro atoms. The Morgan fingerprint density at radius 3 is 2.00 bits per heavy atom. The molecule has 1 aliphatic heterocycles. The van der Waals surface area contributed by atoms with Crippen LogP contribution in [-0.2, 0) is 6.54 Å². The Kier molecular flexibility index (Phi) is 6.56. The maximum atomic E-state index is 8.60. The third-order valence-electron chi connectivity index (χ3n) is 2.70. The largest absolute Gasteiger partial charge is 0.299 e. The van der Waals surface area contributed by atoms with Crippen molar-refractivity contribution in [3.8, 4) is 0 Å². The van der Waals surface area contributed by atoms with Crippen LogP contribution in [0.25, 0.3) is 0 Å². The normalized spacial score (nSPS) is 16.9. The summed E-state index contributed by atoms with van der Waals surface area (Å²) in [7, 11) is -4.69. The highest BCUT2D eigenvalue weighted by Crippen LogP contribution is 2.12. The summed E-state index contributed by atoms with van der Waals surface area (Å²) in [5.74, 6) is 0. The second kappa shape index (κ2) is 7.68. The Labute approximate surface area is 109 Å². The predicted molar refractivity (Wildman–Crippen MR) is 57.8 cm³/mol. The van der Waals surface area contributed by atoms with Crippen LogP contribution in [-0.4, -0.2) is 22.6 Å². The van der Waals surface area contributed by atoms with E-state index >= 15 is 0 Å². The van der Waals surface area contributed by atoms with Gasteiger partial charge < -0.3 is 0 Å². The second-order valence-corrected chi connectivity index (χ2v) is 5.01. The highest BCUT2D eigenvalue weighted by Gasteiger charge is 2.09. The van der Waals surface area contributed by atoms with Crippen molar-refractivity contribution in [2.24, 2.45) is 0 Å². The van der Waals surface area contributed by atoms with Crippen molar-refractivity contribution in [2.45, 2.75) is 25.8 Å². The zero-order valence-electron chi connectivity index (χ0n) is 10.1. The number of likely N-dealkylation sites (tertiary alicyclic amines) is 1. The van der Waals surface area contributed by atoms with E-state index in [0.717, 1.165) is 6.54 Å².